The summed E-state index contributed by atoms with van der Waals surface area (Å²) in [6, 6.07) is 5.69. The van der Waals surface area contributed by atoms with E-state index < -0.39 is 0 Å². The molecule has 6 nitrogen and oxygen atoms in total. The topological polar surface area (TPSA) is 62.8 Å². The van der Waals surface area contributed by atoms with Crippen molar-refractivity contribution in [2.24, 2.45) is 0 Å². The molecule has 26 heavy (non-hydrogen) atoms. The Morgan fingerprint density at radius 3 is 2.85 bits per heavy atom. The quantitative estimate of drug-likeness (QED) is 0.863. The minimum Gasteiger partial charge on any atom is -0.493 e. The third kappa shape index (κ3) is 2.71. The Morgan fingerprint density at radius 1 is 1.27 bits per heavy atom. The normalized spacial score (nSPS) is 19.2. The molecule has 0 bridgehead atoms. The van der Waals surface area contributed by atoms with E-state index in [2.05, 4.69) is 22.5 Å². The van der Waals surface area contributed by atoms with Gasteiger partial charge in [-0.25, -0.2) is 0 Å². The summed E-state index contributed by atoms with van der Waals surface area (Å²) in [6.07, 6.45) is 0.583. The fourth-order valence-corrected chi connectivity index (χ4v) is 5.05. The van der Waals surface area contributed by atoms with Gasteiger partial charge in [-0.3, -0.25) is 9.69 Å². The number of hydrogen-bond donors (Lipinski definition) is 2. The van der Waals surface area contributed by atoms with Crippen LogP contribution < -0.4 is 20.1 Å². The van der Waals surface area contributed by atoms with Gasteiger partial charge in [-0.05, 0) is 24.6 Å². The van der Waals surface area contributed by atoms with Gasteiger partial charge in [0.1, 0.15) is 11.2 Å². The zero-order valence-electron chi connectivity index (χ0n) is 15.2. The molecule has 0 saturated carbocycles. The van der Waals surface area contributed by atoms with Crippen molar-refractivity contribution in [1.29, 1.82) is 0 Å². The van der Waals surface area contributed by atoms with Gasteiger partial charge >= 0.3 is 0 Å². The number of likely N-dealkylation sites (N-methyl/N-ethyl adjacent to an activating group) is 1. The van der Waals surface area contributed by atoms with Crippen molar-refractivity contribution in [3.63, 3.8) is 0 Å². The molecule has 7 heteroatoms. The SMILES string of the molecule is CCN1CCc2c(sc3c2C(=O)NC(c2cccc(OC)c2OC)N3)C1. The summed E-state index contributed by atoms with van der Waals surface area (Å²) in [5, 5.41) is 7.53. The van der Waals surface area contributed by atoms with Crippen molar-refractivity contribution in [1.82, 2.24) is 10.2 Å². The maximum Gasteiger partial charge on any atom is 0.256 e. The molecular formula is C19H23N3O3S. The summed E-state index contributed by atoms with van der Waals surface area (Å²) < 4.78 is 10.9. The van der Waals surface area contributed by atoms with Crippen LogP contribution in [-0.4, -0.2) is 38.1 Å². The van der Waals surface area contributed by atoms with Crippen LogP contribution in [0.4, 0.5) is 5.00 Å². The smallest absolute Gasteiger partial charge is 0.256 e. The summed E-state index contributed by atoms with van der Waals surface area (Å²) in [7, 11) is 3.22. The van der Waals surface area contributed by atoms with Gasteiger partial charge in [-0.1, -0.05) is 19.1 Å². The van der Waals surface area contributed by atoms with Crippen LogP contribution in [-0.2, 0) is 13.0 Å². The standard InChI is InChI=1S/C19H23N3O3S/c1-4-22-9-8-11-14(10-22)26-19-15(11)18(23)20-17(21-19)12-6-5-7-13(24-2)16(12)25-3/h5-7,17,21H,4,8-10H2,1-3H3,(H,20,23). The number of anilines is 1. The second kappa shape index (κ2) is 6.81. The molecular weight excluding hydrogens is 350 g/mol. The maximum atomic E-state index is 12.9. The highest BCUT2D eigenvalue weighted by Gasteiger charge is 2.34. The van der Waals surface area contributed by atoms with E-state index in [4.69, 9.17) is 9.47 Å². The van der Waals surface area contributed by atoms with Crippen LogP contribution in [0.2, 0.25) is 0 Å². The summed E-state index contributed by atoms with van der Waals surface area (Å²) in [5.74, 6) is 1.27. The Bertz CT molecular complexity index is 849. The number of para-hydroxylation sites is 1. The Hall–Kier alpha value is -2.25. The predicted octanol–water partition coefficient (Wildman–Crippen LogP) is 3.00. The van der Waals surface area contributed by atoms with E-state index in [1.54, 1.807) is 25.6 Å². The van der Waals surface area contributed by atoms with Gasteiger partial charge in [0.25, 0.3) is 5.91 Å². The molecule has 0 fully saturated rings. The lowest BCUT2D eigenvalue weighted by molar-refractivity contribution is 0.0934. The van der Waals surface area contributed by atoms with Crippen LogP contribution in [0.25, 0.3) is 0 Å². The molecule has 1 atom stereocenters. The molecule has 1 aromatic carbocycles. The van der Waals surface area contributed by atoms with Crippen LogP contribution in [0.1, 0.15) is 39.5 Å². The zero-order chi connectivity index (χ0) is 18.3. The molecule has 1 amide bonds. The highest BCUT2D eigenvalue weighted by atomic mass is 32.1. The largest absolute Gasteiger partial charge is 0.493 e. The van der Waals surface area contributed by atoms with E-state index in [1.807, 2.05) is 18.2 Å². The molecule has 3 heterocycles. The number of rotatable bonds is 4. The van der Waals surface area contributed by atoms with Crippen LogP contribution >= 0.6 is 11.3 Å². The maximum absolute atomic E-state index is 12.9. The minimum atomic E-state index is -0.345. The third-order valence-electron chi connectivity index (χ3n) is 5.11. The van der Waals surface area contributed by atoms with Crippen molar-refractivity contribution in [2.45, 2.75) is 26.1 Å². The first-order valence-corrected chi connectivity index (χ1v) is 9.63. The molecule has 0 saturated heterocycles. The highest BCUT2D eigenvalue weighted by molar-refractivity contribution is 7.16. The van der Waals surface area contributed by atoms with Gasteiger partial charge in [-0.15, -0.1) is 11.3 Å². The van der Waals surface area contributed by atoms with E-state index in [9.17, 15) is 4.79 Å². The highest BCUT2D eigenvalue weighted by Crippen LogP contribution is 2.43. The number of methoxy groups -OCH3 is 2. The summed E-state index contributed by atoms with van der Waals surface area (Å²) >= 11 is 1.70. The minimum absolute atomic E-state index is 0.0175. The van der Waals surface area contributed by atoms with Crippen molar-refractivity contribution >= 4 is 22.2 Å². The monoisotopic (exact) mass is 373 g/mol. The molecule has 4 rings (SSSR count). The van der Waals surface area contributed by atoms with Crippen molar-refractivity contribution in [2.75, 3.05) is 32.6 Å². The van der Waals surface area contributed by atoms with E-state index >= 15 is 0 Å². The van der Waals surface area contributed by atoms with Gasteiger partial charge in [0.15, 0.2) is 11.5 Å². The van der Waals surface area contributed by atoms with Gasteiger partial charge in [0.2, 0.25) is 0 Å². The number of benzene rings is 1. The lowest BCUT2D eigenvalue weighted by Crippen LogP contribution is -2.39. The van der Waals surface area contributed by atoms with E-state index in [-0.39, 0.29) is 12.1 Å². The molecule has 2 aliphatic rings. The van der Waals surface area contributed by atoms with Crippen molar-refractivity contribution in [3.8, 4) is 11.5 Å². The van der Waals surface area contributed by atoms with E-state index in [0.29, 0.717) is 11.5 Å². The van der Waals surface area contributed by atoms with Crippen LogP contribution in [0.5, 0.6) is 11.5 Å². The fraction of sp³-hybridized carbons (Fsp3) is 0.421. The molecule has 1 aromatic heterocycles. The number of hydrogen-bond acceptors (Lipinski definition) is 6. The molecule has 1 unspecified atom stereocenters. The summed E-state index contributed by atoms with van der Waals surface area (Å²) in [6.45, 7) is 5.14. The molecule has 2 aromatic rings. The number of fused-ring (bicyclic) bond motifs is 3. The zero-order valence-corrected chi connectivity index (χ0v) is 16.0. The first kappa shape index (κ1) is 17.2. The fourth-order valence-electron chi connectivity index (χ4n) is 3.73. The van der Waals surface area contributed by atoms with Crippen molar-refractivity contribution < 1.29 is 14.3 Å². The predicted molar refractivity (Wildman–Crippen MR) is 102 cm³/mol. The van der Waals surface area contributed by atoms with Crippen LogP contribution in [0, 0.1) is 0 Å². The Balaban J connectivity index is 1.70. The second-order valence-corrected chi connectivity index (χ2v) is 7.57. The number of ether oxygens (including phenoxy) is 2. The third-order valence-corrected chi connectivity index (χ3v) is 6.25. The lowest BCUT2D eigenvalue weighted by Gasteiger charge is -2.29. The number of carbonyl (C=O) groups is 1. The number of nitrogens with one attached hydrogen (secondary N) is 2. The Labute approximate surface area is 157 Å². The first-order chi connectivity index (χ1) is 12.7. The van der Waals surface area contributed by atoms with Gasteiger partial charge < -0.3 is 20.1 Å². The molecule has 0 radical (unpaired) electrons. The lowest BCUT2D eigenvalue weighted by atomic mass is 10.00. The summed E-state index contributed by atoms with van der Waals surface area (Å²) in [4.78, 5) is 16.6. The average Bonchev–Trinajstić information content (AvgIpc) is 3.04. The van der Waals surface area contributed by atoms with Gasteiger partial charge in [0, 0.05) is 23.5 Å². The number of amides is 1. The molecule has 2 aliphatic heterocycles. The Kier molecular flexibility index (Phi) is 4.50. The van der Waals surface area contributed by atoms with Crippen LogP contribution in [0.15, 0.2) is 18.2 Å². The Morgan fingerprint density at radius 2 is 2.12 bits per heavy atom. The average molecular weight is 373 g/mol. The number of nitrogens with zero attached hydrogens (tertiary/aromatic N) is 1. The van der Waals surface area contributed by atoms with Gasteiger partial charge in [-0.2, -0.15) is 0 Å². The molecule has 0 aliphatic carbocycles. The van der Waals surface area contributed by atoms with Crippen molar-refractivity contribution in [3.05, 3.63) is 39.8 Å². The molecule has 2 N–H and O–H groups in total. The second-order valence-electron chi connectivity index (χ2n) is 6.46. The summed E-state index contributed by atoms with van der Waals surface area (Å²) in [5.41, 5.74) is 2.88. The molecule has 0 spiro atoms. The number of carbonyl (C=O) groups excluding carboxylic acids is 1. The first-order valence-electron chi connectivity index (χ1n) is 8.81. The molecule has 138 valence electrons. The van der Waals surface area contributed by atoms with E-state index in [1.165, 1.54) is 10.4 Å². The number of thiophene rings is 1. The van der Waals surface area contributed by atoms with E-state index in [0.717, 1.165) is 42.2 Å². The van der Waals surface area contributed by atoms with Gasteiger partial charge in [0.05, 0.1) is 19.8 Å². The van der Waals surface area contributed by atoms with Crippen LogP contribution in [0.3, 0.4) is 0 Å².